The minimum absolute atomic E-state index is 0.0290. The number of piperazine rings is 1. The van der Waals surface area contributed by atoms with E-state index in [1.54, 1.807) is 29.2 Å². The fourth-order valence-corrected chi connectivity index (χ4v) is 3.29. The van der Waals surface area contributed by atoms with Gasteiger partial charge in [-0.15, -0.1) is 0 Å². The molecule has 0 bridgehead atoms. The predicted octanol–water partition coefficient (Wildman–Crippen LogP) is 2.93. The summed E-state index contributed by atoms with van der Waals surface area (Å²) in [4.78, 5) is 26.5. The molecule has 2 N–H and O–H groups in total. The quantitative estimate of drug-likeness (QED) is 0.868. The molecule has 2 aromatic rings. The molecule has 1 atom stereocenters. The second-order valence-electron chi connectivity index (χ2n) is 6.85. The molecule has 1 aliphatic heterocycles. The first-order valence-corrected chi connectivity index (χ1v) is 8.66. The summed E-state index contributed by atoms with van der Waals surface area (Å²) in [7, 11) is 0. The maximum atomic E-state index is 13.5. The lowest BCUT2D eigenvalue weighted by molar-refractivity contribution is -0.129. The molecule has 1 saturated heterocycles. The molecule has 0 unspecified atom stereocenters. The van der Waals surface area contributed by atoms with Gasteiger partial charge in [0.25, 0.3) is 5.91 Å². The van der Waals surface area contributed by atoms with Gasteiger partial charge in [-0.2, -0.15) is 4.39 Å². The van der Waals surface area contributed by atoms with E-state index < -0.39 is 23.4 Å². The molecule has 1 aliphatic rings. The van der Waals surface area contributed by atoms with E-state index in [-0.39, 0.29) is 17.7 Å². The average Bonchev–Trinajstić information content (AvgIpc) is 2.64. The van der Waals surface area contributed by atoms with Crippen LogP contribution in [0, 0.1) is 17.6 Å². The summed E-state index contributed by atoms with van der Waals surface area (Å²) in [6.07, 6.45) is 0. The zero-order valence-corrected chi connectivity index (χ0v) is 15.0. The Kier molecular flexibility index (Phi) is 5.12. The number of amides is 2. The number of aromatic hydroxyl groups is 1. The molecule has 0 aromatic heterocycles. The number of hydrogen-bond donors (Lipinski definition) is 2. The molecule has 0 radical (unpaired) electrons. The van der Waals surface area contributed by atoms with Crippen molar-refractivity contribution in [2.75, 3.05) is 13.1 Å². The summed E-state index contributed by atoms with van der Waals surface area (Å²) >= 11 is 0. The standard InChI is InChI=1S/C20H20F2N2O3/c1-11(2)18-19(26)23-7-8-24(18)20(27)13-5-3-12(4-6-13)14-9-15(21)17(22)16(25)10-14/h3-6,9-11,18,25H,7-8H2,1-2H3,(H,23,26)/t18-/m1/s1. The van der Waals surface area contributed by atoms with Gasteiger partial charge in [-0.25, -0.2) is 4.39 Å². The molecule has 7 heteroatoms. The van der Waals surface area contributed by atoms with Crippen molar-refractivity contribution in [1.82, 2.24) is 10.2 Å². The van der Waals surface area contributed by atoms with Gasteiger partial charge in [0.15, 0.2) is 17.4 Å². The first kappa shape index (κ1) is 18.8. The molecule has 27 heavy (non-hydrogen) atoms. The topological polar surface area (TPSA) is 69.6 Å². The van der Waals surface area contributed by atoms with Crippen LogP contribution in [-0.2, 0) is 4.79 Å². The maximum absolute atomic E-state index is 13.5. The van der Waals surface area contributed by atoms with Crippen molar-refractivity contribution in [1.29, 1.82) is 0 Å². The third kappa shape index (κ3) is 3.63. The minimum Gasteiger partial charge on any atom is -0.505 e. The van der Waals surface area contributed by atoms with Gasteiger partial charge in [-0.1, -0.05) is 26.0 Å². The molecule has 0 spiro atoms. The van der Waals surface area contributed by atoms with Gasteiger partial charge in [0.05, 0.1) is 0 Å². The van der Waals surface area contributed by atoms with Crippen LogP contribution in [0.2, 0.25) is 0 Å². The van der Waals surface area contributed by atoms with Gasteiger partial charge in [0.2, 0.25) is 5.91 Å². The van der Waals surface area contributed by atoms with Gasteiger partial charge in [0, 0.05) is 18.7 Å². The fraction of sp³-hybridized carbons (Fsp3) is 0.300. The minimum atomic E-state index is -1.30. The highest BCUT2D eigenvalue weighted by Gasteiger charge is 2.35. The summed E-state index contributed by atoms with van der Waals surface area (Å²) in [5, 5.41) is 12.2. The Hall–Kier alpha value is -2.96. The third-order valence-corrected chi connectivity index (χ3v) is 4.62. The van der Waals surface area contributed by atoms with Gasteiger partial charge in [-0.3, -0.25) is 9.59 Å². The van der Waals surface area contributed by atoms with E-state index in [0.29, 0.717) is 29.8 Å². The van der Waals surface area contributed by atoms with Crippen LogP contribution in [0.1, 0.15) is 24.2 Å². The van der Waals surface area contributed by atoms with Crippen LogP contribution < -0.4 is 5.32 Å². The number of carbonyl (C=O) groups is 2. The van der Waals surface area contributed by atoms with Gasteiger partial charge >= 0.3 is 0 Å². The zero-order valence-electron chi connectivity index (χ0n) is 15.0. The number of nitrogens with zero attached hydrogens (tertiary/aromatic N) is 1. The Labute approximate surface area is 155 Å². The number of nitrogens with one attached hydrogen (secondary N) is 1. The molecule has 3 rings (SSSR count). The number of halogens is 2. The SMILES string of the molecule is CC(C)[C@@H]1C(=O)NCCN1C(=O)c1ccc(-c2cc(O)c(F)c(F)c2)cc1. The van der Waals surface area contributed by atoms with E-state index in [2.05, 4.69) is 5.32 Å². The van der Waals surface area contributed by atoms with Crippen LogP contribution in [0.4, 0.5) is 8.78 Å². The number of benzene rings is 2. The fourth-order valence-electron chi connectivity index (χ4n) is 3.29. The summed E-state index contributed by atoms with van der Waals surface area (Å²) in [5.41, 5.74) is 1.21. The summed E-state index contributed by atoms with van der Waals surface area (Å²) in [6, 6.07) is 7.89. The summed E-state index contributed by atoms with van der Waals surface area (Å²) < 4.78 is 26.7. The lowest BCUT2D eigenvalue weighted by atomic mass is 9.98. The second kappa shape index (κ2) is 7.34. The van der Waals surface area contributed by atoms with Crippen molar-refractivity contribution in [2.45, 2.75) is 19.9 Å². The lowest BCUT2D eigenvalue weighted by Crippen LogP contribution is -2.59. The smallest absolute Gasteiger partial charge is 0.254 e. The Balaban J connectivity index is 1.86. The maximum Gasteiger partial charge on any atom is 0.254 e. The van der Waals surface area contributed by atoms with Gasteiger partial charge < -0.3 is 15.3 Å². The third-order valence-electron chi connectivity index (χ3n) is 4.62. The number of rotatable bonds is 3. The molecule has 1 heterocycles. The van der Waals surface area contributed by atoms with Crippen LogP contribution in [0.3, 0.4) is 0 Å². The molecule has 5 nitrogen and oxygen atoms in total. The highest BCUT2D eigenvalue weighted by molar-refractivity contribution is 5.98. The zero-order chi connectivity index (χ0) is 19.7. The Morgan fingerprint density at radius 3 is 2.44 bits per heavy atom. The van der Waals surface area contributed by atoms with Crippen molar-refractivity contribution in [3.05, 3.63) is 53.6 Å². The lowest BCUT2D eigenvalue weighted by Gasteiger charge is -2.37. The average molecular weight is 374 g/mol. The Morgan fingerprint density at radius 2 is 1.85 bits per heavy atom. The van der Waals surface area contributed by atoms with Crippen molar-refractivity contribution < 1.29 is 23.5 Å². The van der Waals surface area contributed by atoms with Crippen LogP contribution >= 0.6 is 0 Å². The number of hydrogen-bond acceptors (Lipinski definition) is 3. The van der Waals surface area contributed by atoms with E-state index in [1.807, 2.05) is 13.8 Å². The Bertz CT molecular complexity index is 858. The van der Waals surface area contributed by atoms with Crippen molar-refractivity contribution in [3.63, 3.8) is 0 Å². The molecular weight excluding hydrogens is 354 g/mol. The summed E-state index contributed by atoms with van der Waals surface area (Å²) in [5.74, 6) is -3.68. The largest absolute Gasteiger partial charge is 0.505 e. The normalized spacial score (nSPS) is 17.1. The van der Waals surface area contributed by atoms with Gasteiger partial charge in [0.1, 0.15) is 6.04 Å². The second-order valence-corrected chi connectivity index (χ2v) is 6.85. The Morgan fingerprint density at radius 1 is 1.19 bits per heavy atom. The first-order valence-electron chi connectivity index (χ1n) is 8.66. The summed E-state index contributed by atoms with van der Waals surface area (Å²) in [6.45, 7) is 4.59. The predicted molar refractivity (Wildman–Crippen MR) is 96.1 cm³/mol. The van der Waals surface area contributed by atoms with Crippen LogP contribution in [0.25, 0.3) is 11.1 Å². The number of phenolic OH excluding ortho intramolecular Hbond substituents is 1. The molecule has 0 saturated carbocycles. The van der Waals surface area contributed by atoms with Gasteiger partial charge in [-0.05, 0) is 41.3 Å². The highest BCUT2D eigenvalue weighted by Crippen LogP contribution is 2.28. The number of carbonyl (C=O) groups excluding carboxylic acids is 2. The molecule has 142 valence electrons. The first-order chi connectivity index (χ1) is 12.8. The van der Waals surface area contributed by atoms with E-state index in [0.717, 1.165) is 12.1 Å². The van der Waals surface area contributed by atoms with Crippen LogP contribution in [0.15, 0.2) is 36.4 Å². The molecular formula is C20H20F2N2O3. The molecule has 0 aliphatic carbocycles. The van der Waals surface area contributed by atoms with E-state index in [9.17, 15) is 23.5 Å². The molecule has 2 aromatic carbocycles. The molecule has 1 fully saturated rings. The monoisotopic (exact) mass is 374 g/mol. The van der Waals surface area contributed by atoms with E-state index in [1.165, 1.54) is 0 Å². The highest BCUT2D eigenvalue weighted by atomic mass is 19.2. The van der Waals surface area contributed by atoms with E-state index >= 15 is 0 Å². The van der Waals surface area contributed by atoms with E-state index in [4.69, 9.17) is 0 Å². The van der Waals surface area contributed by atoms with Crippen molar-refractivity contribution >= 4 is 11.8 Å². The molecule has 2 amide bonds. The van der Waals surface area contributed by atoms with Crippen molar-refractivity contribution in [3.8, 4) is 16.9 Å². The number of phenols is 1. The van der Waals surface area contributed by atoms with Crippen LogP contribution in [0.5, 0.6) is 5.75 Å². The van der Waals surface area contributed by atoms with Crippen molar-refractivity contribution in [2.24, 2.45) is 5.92 Å². The van der Waals surface area contributed by atoms with Crippen LogP contribution in [-0.4, -0.2) is 41.0 Å².